The molecule has 2 aromatic carbocycles. The van der Waals surface area contributed by atoms with E-state index in [0.717, 1.165) is 22.0 Å². The molecule has 0 radical (unpaired) electrons. The van der Waals surface area contributed by atoms with Gasteiger partial charge in [-0.05, 0) is 36.4 Å². The van der Waals surface area contributed by atoms with E-state index in [1.165, 1.54) is 18.7 Å². The van der Waals surface area contributed by atoms with Crippen molar-refractivity contribution in [2.75, 3.05) is 21.7 Å². The lowest BCUT2D eigenvalue weighted by atomic mass is 10.2. The molecule has 0 saturated heterocycles. The summed E-state index contributed by atoms with van der Waals surface area (Å²) in [5, 5.41) is 9.61. The van der Waals surface area contributed by atoms with Crippen LogP contribution in [0.25, 0.3) is 0 Å². The molecule has 1 aromatic heterocycles. The minimum atomic E-state index is -0.164. The number of rotatable bonds is 4. The molecule has 1 aliphatic heterocycles. The van der Waals surface area contributed by atoms with Crippen molar-refractivity contribution in [3.05, 3.63) is 72.4 Å². The Labute approximate surface area is 178 Å². The smallest absolute Gasteiger partial charge is 0.234 e. The highest BCUT2D eigenvalue weighted by atomic mass is 32.2. The lowest BCUT2D eigenvalue weighted by Crippen LogP contribution is -2.16. The molecule has 2 amide bonds. The average Bonchev–Trinajstić information content (AvgIpc) is 2.88. The number of amides is 2. The van der Waals surface area contributed by atoms with E-state index in [1.54, 1.807) is 30.5 Å². The fourth-order valence-electron chi connectivity index (χ4n) is 2.98. The zero-order valence-corrected chi connectivity index (χ0v) is 17.0. The fraction of sp³-hybridized carbons (Fsp3) is 0.0909. The molecule has 0 bridgehead atoms. The van der Waals surface area contributed by atoms with Crippen LogP contribution in [0.1, 0.15) is 12.5 Å². The summed E-state index contributed by atoms with van der Waals surface area (Å²) in [5.41, 5.74) is 3.78. The standard InChI is InChI=1S/C22H19N5O2S/c1-14(28)24-15-6-4-7-16(12-15)25-20(29)13-30-22-17-8-2-3-9-18(17)26-21-19(27-22)10-5-11-23-21/h2-12H,13H2,1H3,(H,23,26)(H,24,28)(H,25,29). The van der Waals surface area contributed by atoms with Crippen LogP contribution in [0.15, 0.2) is 71.9 Å². The van der Waals surface area contributed by atoms with Gasteiger partial charge in [-0.15, -0.1) is 0 Å². The molecule has 0 atom stereocenters. The second-order valence-electron chi connectivity index (χ2n) is 6.56. The molecule has 1 aliphatic rings. The number of aliphatic imine (C=N–C) groups is 1. The second kappa shape index (κ2) is 8.79. The third-order valence-corrected chi connectivity index (χ3v) is 5.22. The number of hydrogen-bond donors (Lipinski definition) is 3. The predicted molar refractivity (Wildman–Crippen MR) is 122 cm³/mol. The fourth-order valence-corrected chi connectivity index (χ4v) is 3.81. The summed E-state index contributed by atoms with van der Waals surface area (Å²) in [5.74, 6) is 0.540. The van der Waals surface area contributed by atoms with Crippen molar-refractivity contribution in [1.29, 1.82) is 0 Å². The van der Waals surface area contributed by atoms with Gasteiger partial charge in [-0.1, -0.05) is 36.0 Å². The van der Waals surface area contributed by atoms with Crippen molar-refractivity contribution < 1.29 is 9.59 Å². The first-order valence-corrected chi connectivity index (χ1v) is 10.3. The number of aromatic nitrogens is 1. The van der Waals surface area contributed by atoms with Gasteiger partial charge in [0.25, 0.3) is 0 Å². The number of anilines is 4. The number of carbonyl (C=O) groups is 2. The van der Waals surface area contributed by atoms with Gasteiger partial charge in [-0.3, -0.25) is 9.59 Å². The number of benzene rings is 2. The van der Waals surface area contributed by atoms with Crippen LogP contribution >= 0.6 is 11.8 Å². The van der Waals surface area contributed by atoms with E-state index in [-0.39, 0.29) is 17.6 Å². The predicted octanol–water partition coefficient (Wildman–Crippen LogP) is 4.55. The number of carbonyl (C=O) groups excluding carboxylic acids is 2. The van der Waals surface area contributed by atoms with E-state index >= 15 is 0 Å². The van der Waals surface area contributed by atoms with E-state index in [9.17, 15) is 9.59 Å². The van der Waals surface area contributed by atoms with Crippen LogP contribution in [0.3, 0.4) is 0 Å². The third-order valence-electron chi connectivity index (χ3n) is 4.23. The Bertz CT molecular complexity index is 1150. The number of fused-ring (bicyclic) bond motifs is 2. The molecule has 0 aliphatic carbocycles. The Morgan fingerprint density at radius 2 is 1.80 bits per heavy atom. The first kappa shape index (κ1) is 19.7. The largest absolute Gasteiger partial charge is 0.338 e. The van der Waals surface area contributed by atoms with Gasteiger partial charge in [0.2, 0.25) is 11.8 Å². The topological polar surface area (TPSA) is 95.5 Å². The van der Waals surface area contributed by atoms with Crippen molar-refractivity contribution >= 4 is 57.2 Å². The highest BCUT2D eigenvalue weighted by Crippen LogP contribution is 2.34. The summed E-state index contributed by atoms with van der Waals surface area (Å²) in [6.07, 6.45) is 1.71. The van der Waals surface area contributed by atoms with Gasteiger partial charge in [0, 0.05) is 35.7 Å². The normalized spacial score (nSPS) is 11.8. The lowest BCUT2D eigenvalue weighted by Gasteiger charge is -2.10. The number of para-hydroxylation sites is 1. The molecule has 0 spiro atoms. The number of pyridine rings is 1. The van der Waals surface area contributed by atoms with Gasteiger partial charge >= 0.3 is 0 Å². The van der Waals surface area contributed by atoms with Crippen molar-refractivity contribution in [3.8, 4) is 0 Å². The molecule has 0 fully saturated rings. The summed E-state index contributed by atoms with van der Waals surface area (Å²) < 4.78 is 0. The van der Waals surface area contributed by atoms with Gasteiger partial charge in [0.15, 0.2) is 5.82 Å². The molecule has 0 unspecified atom stereocenters. The third kappa shape index (κ3) is 4.66. The van der Waals surface area contributed by atoms with Crippen molar-refractivity contribution in [3.63, 3.8) is 0 Å². The summed E-state index contributed by atoms with van der Waals surface area (Å²) >= 11 is 1.36. The zero-order chi connectivity index (χ0) is 20.9. The summed E-state index contributed by atoms with van der Waals surface area (Å²) in [4.78, 5) is 32.8. The minimum Gasteiger partial charge on any atom is -0.338 e. The van der Waals surface area contributed by atoms with E-state index in [4.69, 9.17) is 4.99 Å². The molecular formula is C22H19N5O2S. The summed E-state index contributed by atoms with van der Waals surface area (Å²) in [6.45, 7) is 1.44. The molecule has 30 heavy (non-hydrogen) atoms. The maximum Gasteiger partial charge on any atom is 0.234 e. The molecule has 2 heterocycles. The van der Waals surface area contributed by atoms with Gasteiger partial charge in [0.1, 0.15) is 10.7 Å². The Morgan fingerprint density at radius 1 is 1.00 bits per heavy atom. The highest BCUT2D eigenvalue weighted by molar-refractivity contribution is 8.15. The first-order chi connectivity index (χ1) is 14.6. The van der Waals surface area contributed by atoms with E-state index < -0.39 is 0 Å². The van der Waals surface area contributed by atoms with Gasteiger partial charge in [0.05, 0.1) is 5.75 Å². The molecule has 150 valence electrons. The zero-order valence-electron chi connectivity index (χ0n) is 16.2. The molecule has 0 saturated carbocycles. The number of nitrogens with one attached hydrogen (secondary N) is 3. The van der Waals surface area contributed by atoms with Crippen molar-refractivity contribution in [2.24, 2.45) is 4.99 Å². The van der Waals surface area contributed by atoms with Gasteiger partial charge < -0.3 is 16.0 Å². The second-order valence-corrected chi connectivity index (χ2v) is 7.52. The van der Waals surface area contributed by atoms with Gasteiger partial charge in [-0.2, -0.15) is 0 Å². The lowest BCUT2D eigenvalue weighted by molar-refractivity contribution is -0.114. The Balaban J connectivity index is 1.49. The molecule has 3 N–H and O–H groups in total. The van der Waals surface area contributed by atoms with Crippen LogP contribution in [-0.2, 0) is 9.59 Å². The SMILES string of the molecule is CC(=O)Nc1cccc(NC(=O)CSC2=Nc3cccnc3Nc3ccccc32)c1. The maximum absolute atomic E-state index is 12.5. The molecular weight excluding hydrogens is 398 g/mol. The minimum absolute atomic E-state index is 0.163. The highest BCUT2D eigenvalue weighted by Gasteiger charge is 2.18. The number of thioether (sulfide) groups is 1. The van der Waals surface area contributed by atoms with Crippen LogP contribution in [0, 0.1) is 0 Å². The molecule has 8 heteroatoms. The van der Waals surface area contributed by atoms with Crippen LogP contribution in [0.4, 0.5) is 28.6 Å². The average molecular weight is 417 g/mol. The van der Waals surface area contributed by atoms with Crippen molar-refractivity contribution in [1.82, 2.24) is 4.98 Å². The Hall–Kier alpha value is -3.65. The number of nitrogens with zero attached hydrogens (tertiary/aromatic N) is 2. The Kier molecular flexibility index (Phi) is 5.76. The summed E-state index contributed by atoms with van der Waals surface area (Å²) in [7, 11) is 0. The van der Waals surface area contributed by atoms with Crippen LogP contribution in [-0.4, -0.2) is 27.6 Å². The molecule has 4 rings (SSSR count). The van der Waals surface area contributed by atoms with Crippen LogP contribution in [0.2, 0.25) is 0 Å². The summed E-state index contributed by atoms with van der Waals surface area (Å²) in [6, 6.07) is 18.6. The monoisotopic (exact) mass is 417 g/mol. The molecule has 3 aromatic rings. The number of hydrogen-bond acceptors (Lipinski definition) is 6. The quantitative estimate of drug-likeness (QED) is 0.579. The van der Waals surface area contributed by atoms with Crippen molar-refractivity contribution in [2.45, 2.75) is 6.92 Å². The van der Waals surface area contributed by atoms with E-state index in [0.29, 0.717) is 17.2 Å². The maximum atomic E-state index is 12.5. The van der Waals surface area contributed by atoms with Crippen LogP contribution < -0.4 is 16.0 Å². The van der Waals surface area contributed by atoms with Gasteiger partial charge in [-0.25, -0.2) is 9.98 Å². The molecule has 7 nitrogen and oxygen atoms in total. The Morgan fingerprint density at radius 3 is 2.63 bits per heavy atom. The van der Waals surface area contributed by atoms with Crippen LogP contribution in [0.5, 0.6) is 0 Å². The van der Waals surface area contributed by atoms with E-state index in [1.807, 2.05) is 36.4 Å². The van der Waals surface area contributed by atoms with E-state index in [2.05, 4.69) is 20.9 Å². The first-order valence-electron chi connectivity index (χ1n) is 9.29.